The number of hydrogen-bond acceptors (Lipinski definition) is 7. The Balaban J connectivity index is 1.86. The van der Waals surface area contributed by atoms with Crippen LogP contribution in [0.25, 0.3) is 11.3 Å². The molecule has 0 unspecified atom stereocenters. The molecular formula is C14H10BrN5O3. The lowest BCUT2D eigenvalue weighted by molar-refractivity contribution is 0.102. The van der Waals surface area contributed by atoms with Crippen LogP contribution in [0.5, 0.6) is 5.75 Å². The number of hydrogen-bond donors (Lipinski definition) is 3. The number of nitrogens with two attached hydrogens (primary N) is 1. The van der Waals surface area contributed by atoms with E-state index in [9.17, 15) is 9.90 Å². The van der Waals surface area contributed by atoms with Crippen molar-refractivity contribution in [3.63, 3.8) is 0 Å². The highest BCUT2D eigenvalue weighted by molar-refractivity contribution is 9.10. The van der Waals surface area contributed by atoms with Crippen molar-refractivity contribution in [2.75, 3.05) is 11.1 Å². The van der Waals surface area contributed by atoms with Crippen LogP contribution in [0.2, 0.25) is 0 Å². The normalized spacial score (nSPS) is 10.5. The van der Waals surface area contributed by atoms with Crippen LogP contribution in [-0.2, 0) is 0 Å². The Morgan fingerprint density at radius 2 is 2.17 bits per heavy atom. The van der Waals surface area contributed by atoms with Crippen LogP contribution >= 0.6 is 15.9 Å². The molecule has 116 valence electrons. The second-order valence-corrected chi connectivity index (χ2v) is 5.23. The van der Waals surface area contributed by atoms with Crippen LogP contribution in [0, 0.1) is 0 Å². The van der Waals surface area contributed by atoms with Gasteiger partial charge in [0.15, 0.2) is 12.2 Å². The van der Waals surface area contributed by atoms with Gasteiger partial charge < -0.3 is 20.6 Å². The molecule has 1 aromatic carbocycles. The van der Waals surface area contributed by atoms with Gasteiger partial charge in [0.25, 0.3) is 5.91 Å². The largest absolute Gasteiger partial charge is 0.507 e. The zero-order chi connectivity index (χ0) is 16.4. The molecule has 23 heavy (non-hydrogen) atoms. The Morgan fingerprint density at radius 1 is 1.35 bits per heavy atom. The lowest BCUT2D eigenvalue weighted by Gasteiger charge is -2.09. The molecule has 0 bridgehead atoms. The molecule has 4 N–H and O–H groups in total. The molecule has 8 nitrogen and oxygen atoms in total. The van der Waals surface area contributed by atoms with Crippen LogP contribution in [0.15, 0.2) is 46.1 Å². The summed E-state index contributed by atoms with van der Waals surface area (Å²) in [5, 5.41) is 12.7. The molecule has 0 aliphatic rings. The van der Waals surface area contributed by atoms with Crippen LogP contribution in [0.1, 0.15) is 10.4 Å². The number of oxazole rings is 1. The number of rotatable bonds is 3. The van der Waals surface area contributed by atoms with Crippen LogP contribution in [0.3, 0.4) is 0 Å². The maximum absolute atomic E-state index is 12.3. The minimum Gasteiger partial charge on any atom is -0.507 e. The first-order chi connectivity index (χ1) is 11.1. The number of carbonyl (C=O) groups excluding carboxylic acids is 1. The van der Waals surface area contributed by atoms with Gasteiger partial charge in [0.2, 0.25) is 0 Å². The average molecular weight is 376 g/mol. The van der Waals surface area contributed by atoms with Gasteiger partial charge in [0.05, 0.1) is 11.8 Å². The van der Waals surface area contributed by atoms with Crippen molar-refractivity contribution in [2.24, 2.45) is 0 Å². The zero-order valence-electron chi connectivity index (χ0n) is 11.5. The first-order valence-corrected chi connectivity index (χ1v) is 7.14. The summed E-state index contributed by atoms with van der Waals surface area (Å²) in [6.07, 6.45) is 3.99. The number of nitrogens with one attached hydrogen (secondary N) is 1. The predicted octanol–water partition coefficient (Wildman–Crippen LogP) is 2.43. The number of aromatic nitrogens is 3. The summed E-state index contributed by atoms with van der Waals surface area (Å²) >= 11 is 3.15. The van der Waals surface area contributed by atoms with E-state index < -0.39 is 5.91 Å². The van der Waals surface area contributed by atoms with Crippen molar-refractivity contribution in [3.05, 3.63) is 47.3 Å². The van der Waals surface area contributed by atoms with E-state index in [1.54, 1.807) is 12.1 Å². The fraction of sp³-hybridized carbons (Fsp3) is 0. The fourth-order valence-corrected chi connectivity index (χ4v) is 2.42. The van der Waals surface area contributed by atoms with Gasteiger partial charge in [-0.3, -0.25) is 4.79 Å². The quantitative estimate of drug-likeness (QED) is 0.599. The van der Waals surface area contributed by atoms with Gasteiger partial charge in [0.1, 0.15) is 28.1 Å². The van der Waals surface area contributed by atoms with Crippen LogP contribution in [-0.4, -0.2) is 26.0 Å². The highest BCUT2D eigenvalue weighted by Gasteiger charge is 2.17. The highest BCUT2D eigenvalue weighted by atomic mass is 79.9. The molecule has 1 amide bonds. The fourth-order valence-electron chi connectivity index (χ4n) is 1.95. The molecule has 0 saturated heterocycles. The van der Waals surface area contributed by atoms with E-state index in [1.807, 2.05) is 0 Å². The third kappa shape index (κ3) is 2.99. The van der Waals surface area contributed by atoms with Crippen molar-refractivity contribution in [1.29, 1.82) is 0 Å². The van der Waals surface area contributed by atoms with Crippen molar-refractivity contribution in [3.8, 4) is 17.1 Å². The number of carbonyl (C=O) groups is 1. The summed E-state index contributed by atoms with van der Waals surface area (Å²) in [4.78, 5) is 23.7. The Labute approximate surface area is 138 Å². The number of halogens is 1. The van der Waals surface area contributed by atoms with E-state index in [2.05, 4.69) is 36.2 Å². The lowest BCUT2D eigenvalue weighted by atomic mass is 10.1. The number of aromatic hydroxyl groups is 1. The maximum atomic E-state index is 12.3. The molecule has 0 aliphatic carbocycles. The number of nitrogen functional groups attached to an aromatic ring is 1. The molecule has 9 heteroatoms. The van der Waals surface area contributed by atoms with Gasteiger partial charge in [-0.2, -0.15) is 0 Å². The molecule has 2 heterocycles. The molecule has 3 rings (SSSR count). The van der Waals surface area contributed by atoms with Gasteiger partial charge in [-0.1, -0.05) is 0 Å². The highest BCUT2D eigenvalue weighted by Crippen LogP contribution is 2.31. The lowest BCUT2D eigenvalue weighted by Crippen LogP contribution is -2.16. The smallest absolute Gasteiger partial charge is 0.262 e. The second-order valence-electron chi connectivity index (χ2n) is 4.48. The first kappa shape index (κ1) is 15.0. The Bertz CT molecular complexity index is 847. The summed E-state index contributed by atoms with van der Waals surface area (Å²) in [6.45, 7) is 0. The molecular weight excluding hydrogens is 366 g/mol. The van der Waals surface area contributed by atoms with Gasteiger partial charge in [0, 0.05) is 11.8 Å². The van der Waals surface area contributed by atoms with Gasteiger partial charge in [-0.25, -0.2) is 15.0 Å². The number of anilines is 2. The summed E-state index contributed by atoms with van der Waals surface area (Å²) in [5.74, 6) is -0.0895. The van der Waals surface area contributed by atoms with E-state index in [-0.39, 0.29) is 21.7 Å². The second kappa shape index (κ2) is 6.05. The van der Waals surface area contributed by atoms with Crippen molar-refractivity contribution in [2.45, 2.75) is 0 Å². The third-order valence-corrected chi connectivity index (χ3v) is 3.61. The molecule has 0 radical (unpaired) electrons. The van der Waals surface area contributed by atoms with E-state index in [0.717, 1.165) is 0 Å². The minimum atomic E-state index is -0.498. The number of nitrogens with zero attached hydrogens (tertiary/aromatic N) is 3. The van der Waals surface area contributed by atoms with Crippen molar-refractivity contribution >= 4 is 33.3 Å². The molecule has 0 aliphatic heterocycles. The Morgan fingerprint density at radius 3 is 2.83 bits per heavy atom. The van der Waals surface area contributed by atoms with Crippen LogP contribution in [0.4, 0.5) is 11.5 Å². The van der Waals surface area contributed by atoms with Crippen molar-refractivity contribution in [1.82, 2.24) is 15.0 Å². The number of amides is 1. The SMILES string of the molecule is Nc1ncnc(Br)c1C(=O)Nc1ccc(-c2cnco2)c(O)c1. The number of phenols is 1. The summed E-state index contributed by atoms with van der Waals surface area (Å²) in [5.41, 5.74) is 6.64. The first-order valence-electron chi connectivity index (χ1n) is 6.35. The molecule has 0 spiro atoms. The van der Waals surface area contributed by atoms with Crippen molar-refractivity contribution < 1.29 is 14.3 Å². The molecule has 0 fully saturated rings. The Kier molecular flexibility index (Phi) is 3.94. The summed E-state index contributed by atoms with van der Waals surface area (Å²) in [7, 11) is 0. The maximum Gasteiger partial charge on any atom is 0.262 e. The summed E-state index contributed by atoms with van der Waals surface area (Å²) in [6, 6.07) is 4.61. The standard InChI is InChI=1S/C14H10BrN5O3/c15-12-11(13(16)19-5-18-12)14(22)20-7-1-2-8(9(21)3-7)10-4-17-6-23-10/h1-6,21H,(H,20,22)(H2,16,18,19). The summed E-state index contributed by atoms with van der Waals surface area (Å²) < 4.78 is 5.41. The molecule has 0 atom stereocenters. The Hall–Kier alpha value is -2.94. The minimum absolute atomic E-state index is 0.0480. The average Bonchev–Trinajstić information content (AvgIpc) is 3.01. The van der Waals surface area contributed by atoms with E-state index in [1.165, 1.54) is 25.0 Å². The van der Waals surface area contributed by atoms with Gasteiger partial charge in [-0.05, 0) is 28.1 Å². The molecule has 2 aromatic heterocycles. The van der Waals surface area contributed by atoms with Gasteiger partial charge >= 0.3 is 0 Å². The zero-order valence-corrected chi connectivity index (χ0v) is 13.1. The van der Waals surface area contributed by atoms with Crippen LogP contribution < -0.4 is 11.1 Å². The monoisotopic (exact) mass is 375 g/mol. The van der Waals surface area contributed by atoms with E-state index in [4.69, 9.17) is 10.2 Å². The third-order valence-electron chi connectivity index (χ3n) is 3.01. The van der Waals surface area contributed by atoms with E-state index >= 15 is 0 Å². The number of benzene rings is 1. The number of phenolic OH excluding ortho intramolecular Hbond substituents is 1. The predicted molar refractivity (Wildman–Crippen MR) is 85.7 cm³/mol. The topological polar surface area (TPSA) is 127 Å². The van der Waals surface area contributed by atoms with Gasteiger partial charge in [-0.15, -0.1) is 0 Å². The molecule has 3 aromatic rings. The molecule has 0 saturated carbocycles. The van der Waals surface area contributed by atoms with E-state index in [0.29, 0.717) is 17.0 Å².